The van der Waals surface area contributed by atoms with Gasteiger partial charge in [0.15, 0.2) is 9.76 Å². The maximum absolute atomic E-state index is 11.6. The van der Waals surface area contributed by atoms with Gasteiger partial charge in [-0.25, -0.2) is 0 Å². The maximum atomic E-state index is 11.6. The highest BCUT2D eigenvalue weighted by Crippen LogP contribution is 2.39. The second-order valence-corrected chi connectivity index (χ2v) is 18.5. The third-order valence-corrected chi connectivity index (χ3v) is 17.6. The van der Waals surface area contributed by atoms with Gasteiger partial charge in [0.1, 0.15) is 0 Å². The predicted molar refractivity (Wildman–Crippen MR) is 140 cm³/mol. The molecule has 9 atom stereocenters. The molecule has 0 aromatic rings. The highest BCUT2D eigenvalue weighted by molar-refractivity contribution is 6.75. The lowest BCUT2D eigenvalue weighted by atomic mass is 10.0. The van der Waals surface area contributed by atoms with Crippen molar-refractivity contribution in [2.45, 2.75) is 141 Å². The van der Waals surface area contributed by atoms with Crippen molar-refractivity contribution in [3.05, 3.63) is 0 Å². The zero-order valence-electron chi connectivity index (χ0n) is 22.6. The predicted octanol–water partition coefficient (Wildman–Crippen LogP) is 3.20. The van der Waals surface area contributed by atoms with Gasteiger partial charge in [-0.05, 0) is 78.6 Å². The zero-order chi connectivity index (χ0) is 25.8. The van der Waals surface area contributed by atoms with Crippen LogP contribution in [-0.2, 0) is 38.9 Å². The molecule has 1 spiro atoms. The van der Waals surface area contributed by atoms with Gasteiger partial charge in [0.05, 0.1) is 30.5 Å². The Morgan fingerprint density at radius 1 is 0.806 bits per heavy atom. The Balaban J connectivity index is 1.79. The minimum absolute atomic E-state index is 0.0467. The van der Waals surface area contributed by atoms with Gasteiger partial charge in [-0.3, -0.25) is 0 Å². The zero-order valence-corrected chi connectivity index (χ0v) is 27.0. The Kier molecular flexibility index (Phi) is 10.4. The Morgan fingerprint density at radius 2 is 1.47 bits per heavy atom. The van der Waals surface area contributed by atoms with Crippen molar-refractivity contribution in [1.82, 2.24) is 0 Å². The number of rotatable bonds is 5. The second kappa shape index (κ2) is 12.8. The minimum atomic E-state index is -4.19. The van der Waals surface area contributed by atoms with Gasteiger partial charge in [0.2, 0.25) is 0 Å². The van der Waals surface area contributed by atoms with E-state index in [9.17, 15) is 4.80 Å². The summed E-state index contributed by atoms with van der Waals surface area (Å²) in [4.78, 5) is 11.6. The maximum Gasteiger partial charge on any atom is 0.671 e. The smallest absolute Gasteiger partial charge is 0.400 e. The monoisotopic (exact) mass is 582 g/mol. The van der Waals surface area contributed by atoms with Crippen LogP contribution in [-0.4, -0.2) is 78.3 Å². The van der Waals surface area contributed by atoms with Crippen LogP contribution in [0.3, 0.4) is 0 Å². The normalized spacial score (nSPS) is 47.2. The summed E-state index contributed by atoms with van der Waals surface area (Å²) in [5, 5.41) is 0. The summed E-state index contributed by atoms with van der Waals surface area (Å²) in [6, 6.07) is 0. The number of fused-ring (bicyclic) bond motifs is 4. The third kappa shape index (κ3) is 7.77. The van der Waals surface area contributed by atoms with E-state index in [1.807, 2.05) is 27.3 Å². The molecule has 1 N–H and O–H groups in total. The van der Waals surface area contributed by atoms with Crippen LogP contribution in [0.2, 0.25) is 6.55 Å². The number of hydrogen-bond acceptors (Lipinski definition) is 10. The molecular formula is C22H46O10Si4. The van der Waals surface area contributed by atoms with Crippen LogP contribution < -0.4 is 0 Å². The topological polar surface area (TPSA) is 103 Å². The van der Waals surface area contributed by atoms with Gasteiger partial charge in [-0.15, -0.1) is 0 Å². The molecule has 14 heteroatoms. The molecule has 10 nitrogen and oxygen atoms in total. The molecule has 4 saturated heterocycles. The molecular weight excluding hydrogens is 537 g/mol. The number of hydrogen-bond donors (Lipinski definition) is 1. The van der Waals surface area contributed by atoms with Gasteiger partial charge in [-0.2, -0.15) is 0 Å². The summed E-state index contributed by atoms with van der Waals surface area (Å²) < 4.78 is 58.3. The lowest BCUT2D eigenvalue weighted by Crippen LogP contribution is -2.72. The second-order valence-electron chi connectivity index (χ2n) is 10.6. The quantitative estimate of drug-likeness (QED) is 0.486. The Labute approximate surface area is 222 Å². The van der Waals surface area contributed by atoms with Crippen LogP contribution in [0, 0.1) is 0 Å². The van der Waals surface area contributed by atoms with Crippen LogP contribution in [0.15, 0.2) is 0 Å². The van der Waals surface area contributed by atoms with Crippen LogP contribution in [0.4, 0.5) is 0 Å². The largest absolute Gasteiger partial charge is 0.671 e. The van der Waals surface area contributed by atoms with Crippen LogP contribution in [0.25, 0.3) is 0 Å². The van der Waals surface area contributed by atoms with Crippen molar-refractivity contribution in [2.75, 3.05) is 0 Å². The van der Waals surface area contributed by atoms with E-state index in [0.717, 1.165) is 57.8 Å². The van der Waals surface area contributed by atoms with Crippen molar-refractivity contribution in [3.8, 4) is 0 Å². The van der Waals surface area contributed by atoms with Gasteiger partial charge < -0.3 is 43.7 Å². The first-order valence-corrected chi connectivity index (χ1v) is 20.9. The van der Waals surface area contributed by atoms with E-state index in [1.165, 1.54) is 0 Å². The third-order valence-electron chi connectivity index (χ3n) is 7.06. The van der Waals surface area contributed by atoms with E-state index in [4.69, 9.17) is 38.9 Å². The highest BCUT2D eigenvalue weighted by Gasteiger charge is 2.69. The number of unbranched alkanes of at least 4 members (excludes halogenated alkanes) is 1. The molecule has 4 fully saturated rings. The molecule has 36 heavy (non-hydrogen) atoms. The Hall–Kier alpha value is 0.468. The van der Waals surface area contributed by atoms with E-state index in [2.05, 4.69) is 6.92 Å². The molecule has 210 valence electrons. The van der Waals surface area contributed by atoms with Crippen LogP contribution in [0.5, 0.6) is 0 Å². The Bertz CT molecular complexity index is 708. The molecule has 4 aliphatic heterocycles. The average Bonchev–Trinajstić information content (AvgIpc) is 2.74. The average molecular weight is 583 g/mol. The Morgan fingerprint density at radius 3 is 2.19 bits per heavy atom. The highest BCUT2D eigenvalue weighted by atomic mass is 28.5. The van der Waals surface area contributed by atoms with Crippen molar-refractivity contribution in [3.63, 3.8) is 0 Å². The van der Waals surface area contributed by atoms with Crippen molar-refractivity contribution in [2.24, 2.45) is 0 Å². The summed E-state index contributed by atoms with van der Waals surface area (Å²) in [5.41, 5.74) is 0. The first kappa shape index (κ1) is 29.5. The molecule has 0 amide bonds. The van der Waals surface area contributed by atoms with Gasteiger partial charge >= 0.3 is 27.1 Å². The molecule has 4 heterocycles. The molecule has 0 aromatic carbocycles. The van der Waals surface area contributed by atoms with Gasteiger partial charge in [-0.1, -0.05) is 26.3 Å². The molecule has 5 bridgehead atoms. The van der Waals surface area contributed by atoms with Crippen LogP contribution in [0.1, 0.15) is 98.3 Å². The molecule has 4 rings (SSSR count). The summed E-state index contributed by atoms with van der Waals surface area (Å²) in [5.74, 6) is 0. The lowest BCUT2D eigenvalue weighted by Gasteiger charge is -2.47. The summed E-state index contributed by atoms with van der Waals surface area (Å²) in [6.07, 6.45) is 8.10. The van der Waals surface area contributed by atoms with E-state index < -0.39 is 36.9 Å². The lowest BCUT2D eigenvalue weighted by molar-refractivity contribution is -0.147. The van der Waals surface area contributed by atoms with E-state index in [1.54, 1.807) is 0 Å². The van der Waals surface area contributed by atoms with Crippen molar-refractivity contribution < 1.29 is 43.7 Å². The fraction of sp³-hybridized carbons (Fsp3) is 1.00. The standard InChI is InChI=1S/C22H46O10Si4/c1-6-7-11-20-13-9-14-21-12-8-10-17(2)24-34(23)25-18(3)15-22-16-19(4)26-35(27-20,30-33-5)32-36(28-21,29-22)31-34/h17-23H,6-16,33H2,1-5H3. The van der Waals surface area contributed by atoms with Gasteiger partial charge in [0.25, 0.3) is 0 Å². The van der Waals surface area contributed by atoms with Crippen LogP contribution >= 0.6 is 0 Å². The first-order valence-electron chi connectivity index (χ1n) is 14.0. The first-order chi connectivity index (χ1) is 17.2. The molecule has 0 aromatic heterocycles. The fourth-order valence-corrected chi connectivity index (χ4v) is 16.7. The molecule has 0 saturated carbocycles. The molecule has 4 aliphatic rings. The molecule has 9 unspecified atom stereocenters. The van der Waals surface area contributed by atoms with E-state index in [-0.39, 0.29) is 36.6 Å². The molecule has 0 aliphatic carbocycles. The summed E-state index contributed by atoms with van der Waals surface area (Å²) in [6.45, 7) is 10.1. The summed E-state index contributed by atoms with van der Waals surface area (Å²) >= 11 is 0. The van der Waals surface area contributed by atoms with Gasteiger partial charge in [0, 0.05) is 6.10 Å². The van der Waals surface area contributed by atoms with Crippen molar-refractivity contribution >= 4 is 36.9 Å². The summed E-state index contributed by atoms with van der Waals surface area (Å²) in [7, 11) is -13.0. The minimum Gasteiger partial charge on any atom is -0.400 e. The van der Waals surface area contributed by atoms with E-state index in [0.29, 0.717) is 12.8 Å². The molecule has 0 radical (unpaired) electrons. The SMILES string of the molecule is CCCCC1CCCC2CCCC(C)O[Si]3(O)OC(C)CC4CC(C)O[Si](O[SiH2]C)(O1)O[Si](O2)(O4)O3. The van der Waals surface area contributed by atoms with E-state index >= 15 is 0 Å². The fourth-order valence-electron chi connectivity index (χ4n) is 5.50. The van der Waals surface area contributed by atoms with Crippen molar-refractivity contribution in [1.29, 1.82) is 0 Å².